The topological polar surface area (TPSA) is 203 Å². The fraction of sp³-hybridized carbons (Fsp3) is 0.0252. The van der Waals surface area contributed by atoms with Gasteiger partial charge in [-0.1, -0.05) is 225 Å². The van der Waals surface area contributed by atoms with Crippen molar-refractivity contribution >= 4 is 142 Å². The number of hydrogen-bond acceptors (Lipinski definition) is 15. The molecule has 28 aromatic rings. The standard InChI is InChI=1S/C34H19N4O.C29H18N4O.C28H17N5O.C28H18N5O.4Pt/c1-2-8-22(9-3-1)28-21-29(37-36-28)24-11-6-12-26(18-24)39-27-19-25-16-15-23-10-7-13-30-33(23)34(25)31(20-27)38(30)32-14-4-5-17-35-32;1-32-15-14-31-29(32)21-7-4-8-22(17-21)34-23-16-20-12-11-19-6-5-9-24-27(19)28(20)25(18-23)33(24)26-10-2-3-13-30-26;1-32-28(30-17-31-32)20-7-4-8-21(15-20)34-22-14-19-12-11-18-6-5-9-23-26(18)27(19)24(16-22)33(23)25-10-2-3-13-29-25;1-31-17-30-32(18-31)21-7-5-8-22(15-21)34-23-14-20-12-11-19-6-4-9-24-27(19)28(20)25(16-23)33(24)26-10-2-3-13-29-26;;;;/h1-17,19,21H;2-16H,1H3;2-14,17H,1H3;2-14,17-18H,1H3;;;;/q-3;2*-2;-3;;;2*+2. The average Bonchev–Trinajstić information content (AvgIpc) is 1.58. The third-order valence-corrected chi connectivity index (χ3v) is 25.4. The molecule has 0 spiro atoms. The number of nitrogens with zero attached hydrogens (tertiary/aromatic N) is 18. The van der Waals surface area contributed by atoms with Gasteiger partial charge in [0.05, 0.1) is 18.0 Å². The van der Waals surface area contributed by atoms with Gasteiger partial charge in [0.2, 0.25) is 0 Å². The summed E-state index contributed by atoms with van der Waals surface area (Å²) < 4.78 is 37.5. The van der Waals surface area contributed by atoms with Gasteiger partial charge in [-0.05, 0) is 128 Å². The van der Waals surface area contributed by atoms with Crippen molar-refractivity contribution in [2.45, 2.75) is 0 Å². The van der Waals surface area contributed by atoms with Crippen molar-refractivity contribution in [3.05, 3.63) is 426 Å². The molecule has 17 aromatic carbocycles. The molecule has 708 valence electrons. The Hall–Kier alpha value is -16.6. The normalized spacial score (nSPS) is 11.8. The Bertz CT molecular complexity index is 9320. The van der Waals surface area contributed by atoms with Crippen LogP contribution in [0.5, 0.6) is 46.0 Å². The number of hydrazone groups is 1. The van der Waals surface area contributed by atoms with E-state index in [-0.39, 0.29) is 84.3 Å². The minimum Gasteiger partial charge on any atom is -0.618 e. The summed E-state index contributed by atoms with van der Waals surface area (Å²) in [6, 6.07) is 137. The van der Waals surface area contributed by atoms with E-state index in [2.05, 4.69) is 238 Å². The van der Waals surface area contributed by atoms with Gasteiger partial charge >= 0.3 is 42.1 Å². The first kappa shape index (κ1) is 93.4. The minimum absolute atomic E-state index is 0. The van der Waals surface area contributed by atoms with Gasteiger partial charge in [-0.25, -0.2) is 25.6 Å². The number of hydrogen-bond donors (Lipinski definition) is 0. The summed E-state index contributed by atoms with van der Waals surface area (Å²) >= 11 is 0. The Morgan fingerprint density at radius 2 is 0.669 bits per heavy atom. The maximum absolute atomic E-state index is 6.36. The molecule has 1 aliphatic heterocycles. The Labute approximate surface area is 887 Å². The zero-order valence-electron chi connectivity index (χ0n) is 76.8. The summed E-state index contributed by atoms with van der Waals surface area (Å²) in [5, 5.41) is 37.6. The average molecular weight is 2600 g/mol. The van der Waals surface area contributed by atoms with Crippen LogP contribution in [0, 0.1) is 55.2 Å². The largest absolute Gasteiger partial charge is 2.00 e. The molecule has 0 saturated carbocycles. The number of aryl methyl sites for hydroxylation is 2. The number of pyridine rings is 4. The van der Waals surface area contributed by atoms with E-state index in [1.807, 2.05) is 275 Å². The molecule has 1 aliphatic rings. The van der Waals surface area contributed by atoms with Gasteiger partial charge in [-0.2, -0.15) is 21.8 Å². The van der Waals surface area contributed by atoms with Crippen LogP contribution in [-0.4, -0.2) is 85.9 Å². The molecule has 12 heterocycles. The van der Waals surface area contributed by atoms with E-state index in [0.717, 1.165) is 161 Å². The fourth-order valence-corrected chi connectivity index (χ4v) is 19.3. The first-order valence-corrected chi connectivity index (χ1v) is 45.7. The van der Waals surface area contributed by atoms with Gasteiger partial charge in [0.25, 0.3) is 0 Å². The van der Waals surface area contributed by atoms with Crippen LogP contribution in [0.3, 0.4) is 0 Å². The van der Waals surface area contributed by atoms with Gasteiger partial charge in [-0.15, -0.1) is 161 Å². The van der Waals surface area contributed by atoms with E-state index in [1.54, 1.807) is 22.2 Å². The van der Waals surface area contributed by atoms with Gasteiger partial charge in [-0.3, -0.25) is 14.6 Å². The zero-order valence-corrected chi connectivity index (χ0v) is 85.9. The monoisotopic (exact) mass is 2600 g/mol. The molecule has 0 aliphatic carbocycles. The Morgan fingerprint density at radius 3 is 1.03 bits per heavy atom. The van der Waals surface area contributed by atoms with Gasteiger partial charge in [0.15, 0.2) is 0 Å². The van der Waals surface area contributed by atoms with Crippen LogP contribution in [0.1, 0.15) is 0 Å². The fourth-order valence-electron chi connectivity index (χ4n) is 19.3. The molecule has 22 nitrogen and oxygen atoms in total. The molecule has 0 atom stereocenters. The summed E-state index contributed by atoms with van der Waals surface area (Å²) in [7, 11) is 5.75. The summed E-state index contributed by atoms with van der Waals surface area (Å²) in [5.41, 5.74) is 14.1. The van der Waals surface area contributed by atoms with Crippen molar-refractivity contribution in [3.8, 4) is 115 Å². The molecule has 145 heavy (non-hydrogen) atoms. The van der Waals surface area contributed by atoms with Gasteiger partial charge in [0.1, 0.15) is 29.6 Å². The molecular formula is C119H72N18O4Pt4-6. The molecule has 0 fully saturated rings. The predicted molar refractivity (Wildman–Crippen MR) is 553 cm³/mol. The van der Waals surface area contributed by atoms with Crippen LogP contribution < -0.4 is 29.1 Å². The van der Waals surface area contributed by atoms with Crippen LogP contribution in [0.15, 0.2) is 376 Å². The Morgan fingerprint density at radius 1 is 0.303 bits per heavy atom. The molecule has 0 unspecified atom stereocenters. The quantitative estimate of drug-likeness (QED) is 0.0615. The second-order valence-corrected chi connectivity index (χ2v) is 34.1. The number of aromatic nitrogens is 15. The molecule has 0 radical (unpaired) electrons. The first-order valence-electron chi connectivity index (χ1n) is 45.7. The van der Waals surface area contributed by atoms with Crippen molar-refractivity contribution in [2.75, 3.05) is 12.1 Å². The number of anilines is 1. The molecule has 11 aromatic heterocycles. The zero-order chi connectivity index (χ0) is 93.7. The predicted octanol–water partition coefficient (Wildman–Crippen LogP) is 26.3. The van der Waals surface area contributed by atoms with E-state index in [1.165, 1.54) is 49.4 Å². The number of ether oxygens (including phenoxy) is 4. The smallest absolute Gasteiger partial charge is 0.618 e. The second kappa shape index (κ2) is 39.4. The van der Waals surface area contributed by atoms with E-state index < -0.39 is 0 Å². The van der Waals surface area contributed by atoms with Gasteiger partial charge < -0.3 is 61.9 Å². The number of benzene rings is 17. The minimum atomic E-state index is 0. The van der Waals surface area contributed by atoms with Crippen LogP contribution in [0.25, 0.3) is 199 Å². The Kier molecular flexibility index (Phi) is 25.3. The van der Waals surface area contributed by atoms with E-state index >= 15 is 0 Å². The third kappa shape index (κ3) is 17.2. The van der Waals surface area contributed by atoms with Crippen molar-refractivity contribution in [1.82, 2.24) is 77.6 Å². The number of rotatable bonds is 17. The Balaban J connectivity index is 0.000000109. The first-order chi connectivity index (χ1) is 69.6. The van der Waals surface area contributed by atoms with Crippen LogP contribution in [0.2, 0.25) is 0 Å². The molecule has 26 heteroatoms. The van der Waals surface area contributed by atoms with Crippen LogP contribution in [-0.2, 0) is 98.4 Å². The van der Waals surface area contributed by atoms with E-state index in [0.29, 0.717) is 46.0 Å². The number of imidazole rings is 1. The molecule has 0 N–H and O–H groups in total. The van der Waals surface area contributed by atoms with E-state index in [4.69, 9.17) is 18.9 Å². The molecule has 29 rings (SSSR count). The van der Waals surface area contributed by atoms with Crippen molar-refractivity contribution in [2.24, 2.45) is 19.2 Å². The summed E-state index contributed by atoms with van der Waals surface area (Å²) in [4.78, 5) is 29.1. The van der Waals surface area contributed by atoms with Crippen LogP contribution in [0.4, 0.5) is 5.69 Å². The van der Waals surface area contributed by atoms with Crippen molar-refractivity contribution in [1.29, 1.82) is 0 Å². The summed E-state index contributed by atoms with van der Waals surface area (Å²) in [6.07, 6.45) is 14.2. The van der Waals surface area contributed by atoms with Gasteiger partial charge in [0, 0.05) is 167 Å². The van der Waals surface area contributed by atoms with Crippen LogP contribution >= 0.6 is 0 Å². The maximum Gasteiger partial charge on any atom is 2.00 e. The maximum atomic E-state index is 6.36. The second-order valence-electron chi connectivity index (χ2n) is 34.1. The summed E-state index contributed by atoms with van der Waals surface area (Å²) in [5.74, 6) is 9.80. The summed E-state index contributed by atoms with van der Waals surface area (Å²) in [6.45, 7) is 1.88. The molecule has 0 saturated heterocycles. The SMILES string of the molecule is CN1C=NN(c2[c-]c(Oc3[c-]c4c5c(ccc6cccc(c65)n4-c4ccccn4)c3)ccc2)[CH-]1.Cn1ccnc1-c1[c-]c(Oc2[c-]c3c4c(ccc5cccc(c54)n3-c3ccccn3)c2)ccc1.Cn1ncnc1-c1[c-]c(Oc2[c-]c3c4c(ccc5cccc(c54)n3-c3ccccn3)c2)ccc1.[Pt+2].[Pt+2].[Pt].[Pt].[c-]1c(Oc2[c-]c3c4c(ccc5cccc(c54)n3-c3ccccn3)c2)cccc1-c1cc(-c2ccccc2)n[n-]1. The molecule has 0 bridgehead atoms. The van der Waals surface area contributed by atoms with Crippen molar-refractivity contribution < 1.29 is 103 Å². The molecular weight excluding hydrogens is 2530 g/mol. The van der Waals surface area contributed by atoms with E-state index in [9.17, 15) is 0 Å². The molecule has 0 amide bonds. The third-order valence-electron chi connectivity index (χ3n) is 25.4. The van der Waals surface area contributed by atoms with Crippen molar-refractivity contribution in [3.63, 3.8) is 0 Å².